The van der Waals surface area contributed by atoms with Crippen LogP contribution in [-0.4, -0.2) is 12.2 Å². The van der Waals surface area contributed by atoms with Gasteiger partial charge in [-0.3, -0.25) is 0 Å². The molecule has 0 spiro atoms. The minimum Gasteiger partial charge on any atom is -0.360 e. The first-order valence-corrected chi connectivity index (χ1v) is 9.24. The molecule has 0 aromatic heterocycles. The second-order valence-corrected chi connectivity index (χ2v) is 7.49. The molecule has 0 heterocycles. The van der Waals surface area contributed by atoms with E-state index < -0.39 is 5.60 Å². The van der Waals surface area contributed by atoms with Gasteiger partial charge in [-0.2, -0.15) is 5.26 Å². The molecule has 2 saturated carbocycles. The van der Waals surface area contributed by atoms with Crippen LogP contribution >= 0.6 is 0 Å². The van der Waals surface area contributed by atoms with Gasteiger partial charge in [-0.25, -0.2) is 0 Å². The van der Waals surface area contributed by atoms with Crippen LogP contribution in [0.5, 0.6) is 0 Å². The van der Waals surface area contributed by atoms with Crippen LogP contribution in [0, 0.1) is 29.1 Å². The molecule has 0 amide bonds. The molecule has 0 N–H and O–H groups in total. The van der Waals surface area contributed by atoms with Gasteiger partial charge < -0.3 is 4.74 Å². The maximum Gasteiger partial charge on any atom is 0.154 e. The van der Waals surface area contributed by atoms with Crippen LogP contribution in [0.3, 0.4) is 0 Å². The minimum absolute atomic E-state index is 0.460. The van der Waals surface area contributed by atoms with Crippen LogP contribution in [-0.2, 0) is 4.74 Å². The van der Waals surface area contributed by atoms with Gasteiger partial charge in [0.05, 0.1) is 6.07 Å². The topological polar surface area (TPSA) is 33.0 Å². The zero-order chi connectivity index (χ0) is 15.1. The third-order valence-corrected chi connectivity index (χ3v) is 6.04. The molecule has 0 aliphatic heterocycles. The van der Waals surface area contributed by atoms with E-state index in [0.717, 1.165) is 37.7 Å². The van der Waals surface area contributed by atoms with Crippen molar-refractivity contribution in [1.29, 1.82) is 5.26 Å². The van der Waals surface area contributed by atoms with Crippen LogP contribution in [0.25, 0.3) is 0 Å². The lowest BCUT2D eigenvalue weighted by Gasteiger charge is -2.39. The number of hydrogen-bond acceptors (Lipinski definition) is 2. The van der Waals surface area contributed by atoms with Gasteiger partial charge >= 0.3 is 0 Å². The summed E-state index contributed by atoms with van der Waals surface area (Å²) in [4.78, 5) is 0. The first-order chi connectivity index (χ1) is 10.2. The molecule has 0 saturated heterocycles. The Kier molecular flexibility index (Phi) is 6.55. The van der Waals surface area contributed by atoms with Crippen molar-refractivity contribution in [2.75, 3.05) is 6.61 Å². The third-order valence-electron chi connectivity index (χ3n) is 6.04. The van der Waals surface area contributed by atoms with E-state index in [1.165, 1.54) is 51.4 Å². The summed E-state index contributed by atoms with van der Waals surface area (Å²) < 4.78 is 6.07. The predicted octanol–water partition coefficient (Wildman–Crippen LogP) is 5.47. The first-order valence-electron chi connectivity index (χ1n) is 9.24. The maximum absolute atomic E-state index is 9.59. The third kappa shape index (κ3) is 4.71. The molecule has 2 nitrogen and oxygen atoms in total. The summed E-state index contributed by atoms with van der Waals surface area (Å²) in [6, 6.07) is 2.51. The van der Waals surface area contributed by atoms with Crippen molar-refractivity contribution in [3.8, 4) is 6.07 Å². The largest absolute Gasteiger partial charge is 0.360 e. The first kappa shape index (κ1) is 16.8. The van der Waals surface area contributed by atoms with Gasteiger partial charge in [-0.1, -0.05) is 52.4 Å². The molecule has 0 aromatic rings. The molecule has 0 bridgehead atoms. The second-order valence-electron chi connectivity index (χ2n) is 7.49. The van der Waals surface area contributed by atoms with Gasteiger partial charge in [0.15, 0.2) is 5.60 Å². The molecule has 1 atom stereocenters. The highest BCUT2D eigenvalue weighted by atomic mass is 16.5. The average molecular weight is 291 g/mol. The van der Waals surface area contributed by atoms with E-state index in [-0.39, 0.29) is 0 Å². The zero-order valence-corrected chi connectivity index (χ0v) is 14.1. The van der Waals surface area contributed by atoms with Crippen molar-refractivity contribution in [3.63, 3.8) is 0 Å². The number of ether oxygens (including phenoxy) is 1. The van der Waals surface area contributed by atoms with Crippen molar-refractivity contribution >= 4 is 0 Å². The Labute approximate surface area is 131 Å². The highest BCUT2D eigenvalue weighted by molar-refractivity contribution is 5.05. The van der Waals surface area contributed by atoms with Crippen LogP contribution in [0.2, 0.25) is 0 Å². The fourth-order valence-corrected chi connectivity index (χ4v) is 4.13. The Morgan fingerprint density at radius 2 is 1.71 bits per heavy atom. The van der Waals surface area contributed by atoms with E-state index in [1.807, 2.05) is 0 Å². The summed E-state index contributed by atoms with van der Waals surface area (Å²) >= 11 is 0. The normalized spacial score (nSPS) is 32.5. The molecule has 2 rings (SSSR count). The Balaban J connectivity index is 1.77. The molecule has 21 heavy (non-hydrogen) atoms. The summed E-state index contributed by atoms with van der Waals surface area (Å²) in [6.07, 6.45) is 13.8. The van der Waals surface area contributed by atoms with E-state index in [2.05, 4.69) is 19.9 Å². The number of hydrogen-bond donors (Lipinski definition) is 0. The second kappa shape index (κ2) is 8.18. The predicted molar refractivity (Wildman–Crippen MR) is 86.9 cm³/mol. The molecular weight excluding hydrogens is 258 g/mol. The van der Waals surface area contributed by atoms with Crippen molar-refractivity contribution < 1.29 is 4.74 Å². The molecule has 2 aliphatic carbocycles. The van der Waals surface area contributed by atoms with E-state index >= 15 is 0 Å². The minimum atomic E-state index is -0.460. The summed E-state index contributed by atoms with van der Waals surface area (Å²) in [7, 11) is 0. The molecule has 120 valence electrons. The van der Waals surface area contributed by atoms with Crippen molar-refractivity contribution in [2.45, 2.75) is 90.1 Å². The molecule has 2 fully saturated rings. The lowest BCUT2D eigenvalue weighted by atomic mass is 9.70. The van der Waals surface area contributed by atoms with Gasteiger partial charge in [-0.15, -0.1) is 0 Å². The van der Waals surface area contributed by atoms with Crippen molar-refractivity contribution in [1.82, 2.24) is 0 Å². The summed E-state index contributed by atoms with van der Waals surface area (Å²) in [5.74, 6) is 2.51. The zero-order valence-electron chi connectivity index (χ0n) is 14.1. The Bertz CT molecular complexity index is 332. The molecule has 2 heteroatoms. The molecule has 2 aliphatic rings. The Hall–Kier alpha value is -0.550. The lowest BCUT2D eigenvalue weighted by molar-refractivity contribution is -0.0474. The summed E-state index contributed by atoms with van der Waals surface area (Å²) in [5.41, 5.74) is -0.460. The van der Waals surface area contributed by atoms with E-state index in [1.54, 1.807) is 0 Å². The highest BCUT2D eigenvalue weighted by Crippen LogP contribution is 2.42. The fourth-order valence-electron chi connectivity index (χ4n) is 4.13. The lowest BCUT2D eigenvalue weighted by Crippen LogP contribution is -2.38. The van der Waals surface area contributed by atoms with E-state index in [4.69, 9.17) is 4.74 Å². The Morgan fingerprint density at radius 3 is 2.29 bits per heavy atom. The molecule has 0 radical (unpaired) electrons. The summed E-state index contributed by atoms with van der Waals surface area (Å²) in [5, 5.41) is 9.59. The molecule has 0 aromatic carbocycles. The Morgan fingerprint density at radius 1 is 1.10 bits per heavy atom. The maximum atomic E-state index is 9.59. The highest BCUT2D eigenvalue weighted by Gasteiger charge is 2.38. The average Bonchev–Trinajstić information content (AvgIpc) is 2.56. The quantitative estimate of drug-likeness (QED) is 0.650. The van der Waals surface area contributed by atoms with Gasteiger partial charge in [0.1, 0.15) is 0 Å². The fraction of sp³-hybridized carbons (Fsp3) is 0.947. The monoisotopic (exact) mass is 291 g/mol. The van der Waals surface area contributed by atoms with Crippen molar-refractivity contribution in [2.24, 2.45) is 17.8 Å². The molecular formula is C19H33NO. The smallest absolute Gasteiger partial charge is 0.154 e. The van der Waals surface area contributed by atoms with Crippen molar-refractivity contribution in [3.05, 3.63) is 0 Å². The van der Waals surface area contributed by atoms with Crippen LogP contribution in [0.1, 0.15) is 84.5 Å². The van der Waals surface area contributed by atoms with Crippen LogP contribution in [0.4, 0.5) is 0 Å². The number of rotatable bonds is 6. The van der Waals surface area contributed by atoms with Gasteiger partial charge in [0, 0.05) is 6.61 Å². The van der Waals surface area contributed by atoms with Crippen LogP contribution < -0.4 is 0 Å². The van der Waals surface area contributed by atoms with Crippen LogP contribution in [0.15, 0.2) is 0 Å². The number of nitrogens with zero attached hydrogens (tertiary/aromatic N) is 1. The van der Waals surface area contributed by atoms with E-state index in [9.17, 15) is 5.26 Å². The standard InChI is InChI=1S/C19H33NO/c1-3-16(2)11-14-21-19(15-20)12-9-18(10-13-19)17-7-5-4-6-8-17/h16-18H,3-14H2,1-2H3/t16?,18-,19-. The summed E-state index contributed by atoms with van der Waals surface area (Å²) in [6.45, 7) is 5.25. The van der Waals surface area contributed by atoms with E-state index in [0.29, 0.717) is 5.92 Å². The van der Waals surface area contributed by atoms with Gasteiger partial charge in [0.25, 0.3) is 0 Å². The number of nitriles is 1. The van der Waals surface area contributed by atoms with Gasteiger partial charge in [-0.05, 0) is 49.9 Å². The van der Waals surface area contributed by atoms with Gasteiger partial charge in [0.2, 0.25) is 0 Å². The SMILES string of the molecule is CCC(C)CCO[C@]1(C#N)CC[C@@H](C2CCCCC2)CC1. The molecule has 1 unspecified atom stereocenters.